The Hall–Kier alpha value is -1.20. The van der Waals surface area contributed by atoms with E-state index >= 15 is 0 Å². The lowest BCUT2D eigenvalue weighted by atomic mass is 10.2. The molecule has 0 aliphatic carbocycles. The van der Waals surface area contributed by atoms with Gasteiger partial charge in [0.1, 0.15) is 5.82 Å². The second-order valence-electron chi connectivity index (χ2n) is 4.26. The molecule has 1 aromatic heterocycles. The van der Waals surface area contributed by atoms with E-state index in [0.29, 0.717) is 5.39 Å². The highest BCUT2D eigenvalue weighted by Crippen LogP contribution is 2.21. The molecule has 17 heavy (non-hydrogen) atoms. The fraction of sp³-hybridized carbons (Fsp3) is 0.333. The lowest BCUT2D eigenvalue weighted by molar-refractivity contribution is 0.606. The van der Waals surface area contributed by atoms with E-state index in [1.165, 1.54) is 0 Å². The first kappa shape index (κ1) is 10.9. The molecule has 0 bridgehead atoms. The molecule has 4 nitrogen and oxygen atoms in total. The highest BCUT2D eigenvalue weighted by molar-refractivity contribution is 9.10. The number of hydrogen-bond donors (Lipinski definition) is 2. The Morgan fingerprint density at radius 1 is 1.41 bits per heavy atom. The van der Waals surface area contributed by atoms with Gasteiger partial charge in [-0.15, -0.1) is 0 Å². The Morgan fingerprint density at radius 3 is 3.06 bits per heavy atom. The second kappa shape index (κ2) is 4.23. The Labute approximate surface area is 107 Å². The van der Waals surface area contributed by atoms with Gasteiger partial charge >= 0.3 is 0 Å². The minimum absolute atomic E-state index is 0.0694. The van der Waals surface area contributed by atoms with Gasteiger partial charge in [0.25, 0.3) is 5.56 Å². The molecule has 2 aromatic rings. The second-order valence-corrected chi connectivity index (χ2v) is 5.18. The molecule has 0 amide bonds. The van der Waals surface area contributed by atoms with Crippen molar-refractivity contribution >= 4 is 26.8 Å². The predicted octanol–water partition coefficient (Wildman–Crippen LogP) is 2.11. The number of hydrogen-bond acceptors (Lipinski definition) is 3. The zero-order valence-electron chi connectivity index (χ0n) is 9.16. The number of aromatic nitrogens is 2. The molecule has 0 unspecified atom stereocenters. The van der Waals surface area contributed by atoms with E-state index in [2.05, 4.69) is 31.2 Å². The number of nitrogens with one attached hydrogen (secondary N) is 2. The van der Waals surface area contributed by atoms with Crippen molar-refractivity contribution in [2.24, 2.45) is 0 Å². The van der Waals surface area contributed by atoms with E-state index in [1.54, 1.807) is 6.07 Å². The molecule has 1 atom stereocenters. The summed E-state index contributed by atoms with van der Waals surface area (Å²) in [4.78, 5) is 19.4. The molecule has 5 heteroatoms. The van der Waals surface area contributed by atoms with Gasteiger partial charge < -0.3 is 10.3 Å². The van der Waals surface area contributed by atoms with E-state index in [0.717, 1.165) is 35.2 Å². The third kappa shape index (κ3) is 2.00. The molecule has 2 heterocycles. The number of benzene rings is 1. The highest BCUT2D eigenvalue weighted by Gasteiger charge is 2.19. The van der Waals surface area contributed by atoms with Crippen molar-refractivity contribution in [2.75, 3.05) is 6.54 Å². The number of nitrogens with zero attached hydrogens (tertiary/aromatic N) is 1. The van der Waals surface area contributed by atoms with Crippen molar-refractivity contribution in [3.8, 4) is 0 Å². The summed E-state index contributed by atoms with van der Waals surface area (Å²) in [5.41, 5.74) is 0.681. The lowest BCUT2D eigenvalue weighted by Crippen LogP contribution is -2.20. The predicted molar refractivity (Wildman–Crippen MR) is 70.0 cm³/mol. The lowest BCUT2D eigenvalue weighted by Gasteiger charge is -2.09. The molecule has 1 saturated heterocycles. The first-order valence-corrected chi connectivity index (χ1v) is 6.46. The van der Waals surface area contributed by atoms with Crippen LogP contribution in [-0.2, 0) is 0 Å². The van der Waals surface area contributed by atoms with Crippen LogP contribution in [-0.4, -0.2) is 16.5 Å². The summed E-state index contributed by atoms with van der Waals surface area (Å²) in [6.45, 7) is 0.993. The van der Waals surface area contributed by atoms with Gasteiger partial charge in [-0.2, -0.15) is 0 Å². The zero-order chi connectivity index (χ0) is 11.8. The topological polar surface area (TPSA) is 57.8 Å². The Morgan fingerprint density at radius 2 is 2.29 bits per heavy atom. The number of rotatable bonds is 1. The standard InChI is InChI=1S/C12H12BrN3O/c13-7-3-4-9-8(6-7)12(17)16-11(15-9)10-2-1-5-14-10/h3-4,6,10,14H,1-2,5H2,(H,15,16,17)/t10-/m0/s1. The zero-order valence-corrected chi connectivity index (χ0v) is 10.8. The van der Waals surface area contributed by atoms with Crippen LogP contribution in [0.2, 0.25) is 0 Å². The Bertz CT molecular complexity index is 617. The van der Waals surface area contributed by atoms with Crippen LogP contribution in [0.4, 0.5) is 0 Å². The average Bonchev–Trinajstić information content (AvgIpc) is 2.83. The third-order valence-corrected chi connectivity index (χ3v) is 3.57. The van der Waals surface area contributed by atoms with Gasteiger partial charge in [0, 0.05) is 4.47 Å². The van der Waals surface area contributed by atoms with Crippen LogP contribution in [0.25, 0.3) is 10.9 Å². The molecule has 3 rings (SSSR count). The minimum atomic E-state index is -0.0694. The summed E-state index contributed by atoms with van der Waals surface area (Å²) in [6.07, 6.45) is 2.16. The molecule has 2 N–H and O–H groups in total. The fourth-order valence-electron chi connectivity index (χ4n) is 2.21. The molecule has 1 aliphatic heterocycles. The summed E-state index contributed by atoms with van der Waals surface area (Å²) in [5.74, 6) is 0.752. The Kier molecular flexibility index (Phi) is 2.72. The molecular formula is C12H12BrN3O. The molecule has 0 spiro atoms. The maximum atomic E-state index is 12.0. The van der Waals surface area contributed by atoms with Gasteiger partial charge in [0.2, 0.25) is 0 Å². The Balaban J connectivity index is 2.17. The maximum absolute atomic E-state index is 12.0. The van der Waals surface area contributed by atoms with Gasteiger partial charge in [0.15, 0.2) is 0 Å². The molecule has 1 aliphatic rings. The summed E-state index contributed by atoms with van der Waals surface area (Å²) in [6, 6.07) is 5.76. The van der Waals surface area contributed by atoms with E-state index in [1.807, 2.05) is 12.1 Å². The van der Waals surface area contributed by atoms with Crippen molar-refractivity contribution < 1.29 is 0 Å². The number of halogens is 1. The van der Waals surface area contributed by atoms with Gasteiger partial charge in [0.05, 0.1) is 16.9 Å². The van der Waals surface area contributed by atoms with Gasteiger partial charge in [-0.1, -0.05) is 15.9 Å². The molecule has 1 fully saturated rings. The van der Waals surface area contributed by atoms with Crippen LogP contribution in [0.3, 0.4) is 0 Å². The maximum Gasteiger partial charge on any atom is 0.258 e. The highest BCUT2D eigenvalue weighted by atomic mass is 79.9. The first-order valence-electron chi connectivity index (χ1n) is 5.67. The summed E-state index contributed by atoms with van der Waals surface area (Å²) >= 11 is 3.36. The molecule has 1 aromatic carbocycles. The van der Waals surface area contributed by atoms with Crippen molar-refractivity contribution in [1.82, 2.24) is 15.3 Å². The van der Waals surface area contributed by atoms with Crippen LogP contribution in [0.1, 0.15) is 24.7 Å². The third-order valence-electron chi connectivity index (χ3n) is 3.08. The molecule has 0 radical (unpaired) electrons. The molecular weight excluding hydrogens is 282 g/mol. The minimum Gasteiger partial charge on any atom is -0.309 e. The summed E-state index contributed by atoms with van der Waals surface area (Å²) in [5, 5.41) is 3.96. The van der Waals surface area contributed by atoms with Crippen LogP contribution in [0.5, 0.6) is 0 Å². The van der Waals surface area contributed by atoms with Crippen LogP contribution < -0.4 is 10.9 Å². The quantitative estimate of drug-likeness (QED) is 0.847. The van der Waals surface area contributed by atoms with Crippen molar-refractivity contribution in [1.29, 1.82) is 0 Å². The van der Waals surface area contributed by atoms with Crippen molar-refractivity contribution in [3.63, 3.8) is 0 Å². The average molecular weight is 294 g/mol. The first-order chi connectivity index (χ1) is 8.24. The summed E-state index contributed by atoms with van der Waals surface area (Å²) in [7, 11) is 0. The van der Waals surface area contributed by atoms with E-state index in [-0.39, 0.29) is 11.6 Å². The SMILES string of the molecule is O=c1[nH]c([C@@H]2CCCN2)nc2ccc(Br)cc12. The number of H-pyrrole nitrogens is 1. The molecule has 0 saturated carbocycles. The monoisotopic (exact) mass is 293 g/mol. The van der Waals surface area contributed by atoms with E-state index < -0.39 is 0 Å². The van der Waals surface area contributed by atoms with Gasteiger partial charge in [-0.05, 0) is 37.6 Å². The van der Waals surface area contributed by atoms with E-state index in [4.69, 9.17) is 0 Å². The molecule has 88 valence electrons. The fourth-order valence-corrected chi connectivity index (χ4v) is 2.57. The van der Waals surface area contributed by atoms with Crippen LogP contribution in [0.15, 0.2) is 27.5 Å². The van der Waals surface area contributed by atoms with Crippen molar-refractivity contribution in [3.05, 3.63) is 38.9 Å². The van der Waals surface area contributed by atoms with Crippen LogP contribution in [0, 0.1) is 0 Å². The largest absolute Gasteiger partial charge is 0.309 e. The van der Waals surface area contributed by atoms with Crippen molar-refractivity contribution in [2.45, 2.75) is 18.9 Å². The number of aromatic amines is 1. The van der Waals surface area contributed by atoms with E-state index in [9.17, 15) is 4.79 Å². The van der Waals surface area contributed by atoms with Gasteiger partial charge in [-0.25, -0.2) is 4.98 Å². The smallest absolute Gasteiger partial charge is 0.258 e. The van der Waals surface area contributed by atoms with Gasteiger partial charge in [-0.3, -0.25) is 4.79 Å². The van der Waals surface area contributed by atoms with Crippen LogP contribution >= 0.6 is 15.9 Å². The normalized spacial score (nSPS) is 19.9. The summed E-state index contributed by atoms with van der Waals surface area (Å²) < 4.78 is 0.893. The number of fused-ring (bicyclic) bond motifs is 1.